The molecule has 2 N–H and O–H groups in total. The van der Waals surface area contributed by atoms with Crippen molar-refractivity contribution in [1.82, 2.24) is 10.6 Å². The van der Waals surface area contributed by atoms with Gasteiger partial charge in [0.25, 0.3) is 0 Å². The van der Waals surface area contributed by atoms with Crippen molar-refractivity contribution < 1.29 is 0 Å². The molecule has 1 aliphatic carbocycles. The molecular weight excluding hydrogens is 644 g/mol. The molecule has 0 aromatic heterocycles. The Morgan fingerprint density at radius 2 is 0.619 bits per heavy atom. The smallest absolute Gasteiger partial charge is 0.0799 e. The van der Waals surface area contributed by atoms with E-state index < -0.39 is 0 Å². The molecule has 0 saturated heterocycles. The fourth-order valence-corrected chi connectivity index (χ4v) is 8.97. The van der Waals surface area contributed by atoms with Crippen LogP contribution in [0, 0.1) is 0 Å². The Morgan fingerprint density at radius 3 is 0.857 bits per heavy atom. The predicted octanol–water partition coefficient (Wildman–Crippen LogP) is 12.7. The molecule has 248 valence electrons. The van der Waals surface area contributed by atoms with Crippen LogP contribution in [0.2, 0.25) is 0 Å². The van der Waals surface area contributed by atoms with E-state index in [1.165, 1.54) is 154 Å². The SMILES string of the molecule is CCCCCCCCC(CCCCCC)(NC)C1(Br)C=CC(Br)(C(CCCCCC)(CCCCCCCC)NC)C=C1. The molecule has 0 amide bonds. The molecule has 0 fully saturated rings. The molecule has 2 nitrogen and oxygen atoms in total. The predicted molar refractivity (Wildman–Crippen MR) is 199 cm³/mol. The normalized spacial score (nSPS) is 23.2. The second kappa shape index (κ2) is 22.8. The van der Waals surface area contributed by atoms with Crippen LogP contribution >= 0.6 is 31.9 Å². The maximum absolute atomic E-state index is 4.37. The Labute approximate surface area is 281 Å². The van der Waals surface area contributed by atoms with Gasteiger partial charge >= 0.3 is 0 Å². The van der Waals surface area contributed by atoms with Crippen molar-refractivity contribution in [2.75, 3.05) is 14.1 Å². The van der Waals surface area contributed by atoms with E-state index in [9.17, 15) is 0 Å². The minimum Gasteiger partial charge on any atom is -0.312 e. The molecule has 0 bridgehead atoms. The Bertz CT molecular complexity index is 648. The number of alkyl halides is 2. The molecule has 0 saturated carbocycles. The molecule has 1 rings (SSSR count). The first kappa shape index (κ1) is 40.4. The van der Waals surface area contributed by atoms with Crippen LogP contribution < -0.4 is 10.6 Å². The van der Waals surface area contributed by atoms with Crippen LogP contribution in [0.1, 0.15) is 182 Å². The summed E-state index contributed by atoms with van der Waals surface area (Å²) in [5.41, 5.74) is 0.0467. The zero-order chi connectivity index (χ0) is 31.2. The van der Waals surface area contributed by atoms with Crippen molar-refractivity contribution in [3.63, 3.8) is 0 Å². The van der Waals surface area contributed by atoms with Gasteiger partial charge in [-0.2, -0.15) is 0 Å². The molecule has 0 radical (unpaired) electrons. The Morgan fingerprint density at radius 1 is 0.405 bits per heavy atom. The largest absolute Gasteiger partial charge is 0.312 e. The van der Waals surface area contributed by atoms with Crippen LogP contribution in [-0.2, 0) is 0 Å². The summed E-state index contributed by atoms with van der Waals surface area (Å²) in [6, 6.07) is 0. The third kappa shape index (κ3) is 12.6. The molecule has 4 heteroatoms. The zero-order valence-corrected chi connectivity index (χ0v) is 32.2. The molecule has 2 atom stereocenters. The maximum atomic E-state index is 4.37. The van der Waals surface area contributed by atoms with Gasteiger partial charge in [-0.1, -0.05) is 212 Å². The lowest BCUT2D eigenvalue weighted by Crippen LogP contribution is -2.61. The Kier molecular flexibility index (Phi) is 21.9. The summed E-state index contributed by atoms with van der Waals surface area (Å²) in [7, 11) is 4.42. The van der Waals surface area contributed by atoms with E-state index in [1.54, 1.807) is 0 Å². The zero-order valence-electron chi connectivity index (χ0n) is 29.0. The van der Waals surface area contributed by atoms with Crippen molar-refractivity contribution in [2.45, 2.75) is 202 Å². The van der Waals surface area contributed by atoms with E-state index in [0.29, 0.717) is 0 Å². The van der Waals surface area contributed by atoms with Crippen molar-refractivity contribution in [2.24, 2.45) is 0 Å². The topological polar surface area (TPSA) is 24.1 Å². The monoisotopic (exact) mass is 714 g/mol. The van der Waals surface area contributed by atoms with E-state index in [-0.39, 0.29) is 19.7 Å². The standard InChI is InChI=1S/C38H72Br2N2/c1-7-11-15-19-21-25-29-37(41-5,27-23-17-13-9-3)35(39)31-33-36(40,34-32-35)38(42-6,28-24-18-14-10-4)30-26-22-20-16-12-8-2/h31-34,41-42H,7-30H2,1-6H3. The van der Waals surface area contributed by atoms with Crippen molar-refractivity contribution in [3.05, 3.63) is 24.3 Å². The highest BCUT2D eigenvalue weighted by atomic mass is 79.9. The molecule has 0 spiro atoms. The Hall–Kier alpha value is 0.360. The number of unbranched alkanes of at least 4 members (excludes halogenated alkanes) is 16. The highest BCUT2D eigenvalue weighted by Crippen LogP contribution is 2.50. The van der Waals surface area contributed by atoms with Gasteiger partial charge in [0.2, 0.25) is 0 Å². The number of nitrogens with one attached hydrogen (secondary N) is 2. The van der Waals surface area contributed by atoms with Crippen molar-refractivity contribution in [3.8, 4) is 0 Å². The first-order chi connectivity index (χ1) is 20.3. The average Bonchev–Trinajstić information content (AvgIpc) is 3.00. The van der Waals surface area contributed by atoms with Gasteiger partial charge in [0.05, 0.1) is 8.65 Å². The molecule has 0 aromatic rings. The molecule has 0 aliphatic heterocycles. The van der Waals surface area contributed by atoms with E-state index in [4.69, 9.17) is 0 Å². The van der Waals surface area contributed by atoms with Crippen molar-refractivity contribution >= 4 is 31.9 Å². The lowest BCUT2D eigenvalue weighted by Gasteiger charge is -2.51. The quantitative estimate of drug-likeness (QED) is 0.0479. The van der Waals surface area contributed by atoms with Gasteiger partial charge in [-0.15, -0.1) is 0 Å². The number of rotatable bonds is 28. The van der Waals surface area contributed by atoms with Crippen LogP contribution in [0.5, 0.6) is 0 Å². The molecule has 0 aromatic carbocycles. The third-order valence-corrected chi connectivity index (χ3v) is 13.0. The van der Waals surface area contributed by atoms with Crippen LogP contribution in [-0.4, -0.2) is 33.8 Å². The number of hydrogen-bond donors (Lipinski definition) is 2. The highest BCUT2D eigenvalue weighted by molar-refractivity contribution is 9.10. The molecule has 42 heavy (non-hydrogen) atoms. The number of halogens is 2. The second-order valence-corrected chi connectivity index (χ2v) is 16.1. The summed E-state index contributed by atoms with van der Waals surface area (Å²) in [6.45, 7) is 9.25. The van der Waals surface area contributed by atoms with Gasteiger partial charge < -0.3 is 10.6 Å². The first-order valence-electron chi connectivity index (χ1n) is 18.4. The Balaban J connectivity index is 3.20. The van der Waals surface area contributed by atoms with Crippen LogP contribution in [0.25, 0.3) is 0 Å². The van der Waals surface area contributed by atoms with E-state index in [2.05, 4.69) is 109 Å². The van der Waals surface area contributed by atoms with E-state index >= 15 is 0 Å². The van der Waals surface area contributed by atoms with Gasteiger partial charge in [-0.05, 0) is 39.8 Å². The van der Waals surface area contributed by atoms with E-state index in [0.717, 1.165) is 0 Å². The lowest BCUT2D eigenvalue weighted by molar-refractivity contribution is 0.245. The van der Waals surface area contributed by atoms with Crippen molar-refractivity contribution in [1.29, 1.82) is 0 Å². The summed E-state index contributed by atoms with van der Waals surface area (Å²) in [5.74, 6) is 0. The van der Waals surface area contributed by atoms with E-state index in [1.807, 2.05) is 0 Å². The lowest BCUT2D eigenvalue weighted by atomic mass is 9.69. The minimum atomic E-state index is -0.177. The molecule has 1 aliphatic rings. The number of hydrogen-bond acceptors (Lipinski definition) is 2. The van der Waals surface area contributed by atoms with Crippen LogP contribution in [0.15, 0.2) is 24.3 Å². The summed E-state index contributed by atoms with van der Waals surface area (Å²) in [6.07, 6.45) is 41.6. The molecule has 0 heterocycles. The maximum Gasteiger partial charge on any atom is 0.0799 e. The fraction of sp³-hybridized carbons (Fsp3) is 0.895. The highest BCUT2D eigenvalue weighted by Gasteiger charge is 2.51. The van der Waals surface area contributed by atoms with Gasteiger partial charge in [-0.25, -0.2) is 0 Å². The summed E-state index contributed by atoms with van der Waals surface area (Å²) in [5, 5.41) is 7.82. The van der Waals surface area contributed by atoms with Gasteiger partial charge in [-0.3, -0.25) is 0 Å². The fourth-order valence-electron chi connectivity index (χ4n) is 7.26. The first-order valence-corrected chi connectivity index (χ1v) is 20.0. The van der Waals surface area contributed by atoms with Crippen LogP contribution in [0.4, 0.5) is 0 Å². The summed E-state index contributed by atoms with van der Waals surface area (Å²) < 4.78 is -0.354. The average molecular weight is 717 g/mol. The molecule has 2 unspecified atom stereocenters. The summed E-state index contributed by atoms with van der Waals surface area (Å²) >= 11 is 8.73. The minimum absolute atomic E-state index is 0.0233. The summed E-state index contributed by atoms with van der Waals surface area (Å²) in [4.78, 5) is 0. The molecular formula is C38H72Br2N2. The van der Waals surface area contributed by atoms with Crippen LogP contribution in [0.3, 0.4) is 0 Å². The van der Waals surface area contributed by atoms with Gasteiger partial charge in [0, 0.05) is 11.1 Å². The van der Waals surface area contributed by atoms with Gasteiger partial charge in [0.15, 0.2) is 0 Å². The third-order valence-electron chi connectivity index (χ3n) is 10.4. The van der Waals surface area contributed by atoms with Gasteiger partial charge in [0.1, 0.15) is 0 Å². The second-order valence-electron chi connectivity index (χ2n) is 13.5.